The number of rotatable bonds is 10. The monoisotopic (exact) mass is 524 g/mol. The van der Waals surface area contributed by atoms with Crippen LogP contribution in [-0.4, -0.2) is 42.9 Å². The highest BCUT2D eigenvalue weighted by atomic mass is 35.5. The van der Waals surface area contributed by atoms with Crippen molar-refractivity contribution in [2.45, 2.75) is 54.0 Å². The Morgan fingerprint density at radius 2 is 1.84 bits per heavy atom. The van der Waals surface area contributed by atoms with Gasteiger partial charge in [-0.25, -0.2) is 0 Å². The van der Waals surface area contributed by atoms with E-state index in [1.165, 1.54) is 11.1 Å². The Morgan fingerprint density at radius 1 is 1.08 bits per heavy atom. The van der Waals surface area contributed by atoms with Gasteiger partial charge in [0.1, 0.15) is 5.75 Å². The molecule has 2 N–H and O–H groups in total. The van der Waals surface area contributed by atoms with Crippen molar-refractivity contribution in [2.75, 3.05) is 26.2 Å². The molecule has 2 aromatic carbocycles. The van der Waals surface area contributed by atoms with E-state index in [4.69, 9.17) is 16.3 Å². The van der Waals surface area contributed by atoms with Crippen LogP contribution < -0.4 is 15.5 Å². The normalized spacial score (nSPS) is 14.6. The minimum atomic E-state index is -0.173. The molecule has 0 bridgehead atoms. The zero-order chi connectivity index (χ0) is 26.8. The maximum Gasteiger partial charge on any atom is 0.256 e. The highest BCUT2D eigenvalue weighted by Gasteiger charge is 2.17. The maximum absolute atomic E-state index is 13.1. The molecule has 6 nitrogen and oxygen atoms in total. The van der Waals surface area contributed by atoms with Gasteiger partial charge < -0.3 is 20.4 Å². The Morgan fingerprint density at radius 3 is 2.54 bits per heavy atom. The summed E-state index contributed by atoms with van der Waals surface area (Å²) >= 11 is 6.21. The van der Waals surface area contributed by atoms with Gasteiger partial charge in [-0.1, -0.05) is 51.4 Å². The average molecular weight is 525 g/mol. The number of hydrogen-bond donors (Lipinski definition) is 2. The summed E-state index contributed by atoms with van der Waals surface area (Å²) in [5.74, 6) is 2.11. The number of hydrazone groups is 1. The number of benzene rings is 2. The van der Waals surface area contributed by atoms with Crippen LogP contribution in [0.25, 0.3) is 0 Å². The number of carbonyl (C=O) groups excluding carboxylic acids is 1. The number of nitrogens with zero attached hydrogens (tertiary/aromatic N) is 2. The van der Waals surface area contributed by atoms with Crippen molar-refractivity contribution >= 4 is 23.3 Å². The zero-order valence-electron chi connectivity index (χ0n) is 22.8. The lowest BCUT2D eigenvalue weighted by Gasteiger charge is -2.21. The van der Waals surface area contributed by atoms with Crippen molar-refractivity contribution < 1.29 is 9.53 Å². The molecule has 200 valence electrons. The minimum absolute atomic E-state index is 0.173. The van der Waals surface area contributed by atoms with Gasteiger partial charge in [0.05, 0.1) is 13.2 Å². The Labute approximate surface area is 227 Å². The lowest BCUT2D eigenvalue weighted by atomic mass is 10.00. The Bertz CT molecular complexity index is 1110. The molecule has 0 aromatic heterocycles. The largest absolute Gasteiger partial charge is 0.493 e. The van der Waals surface area contributed by atoms with E-state index in [0.717, 1.165) is 43.8 Å². The van der Waals surface area contributed by atoms with Gasteiger partial charge in [-0.05, 0) is 79.1 Å². The van der Waals surface area contributed by atoms with Gasteiger partial charge in [0.15, 0.2) is 5.84 Å². The molecule has 0 radical (unpaired) electrons. The van der Waals surface area contributed by atoms with E-state index in [-0.39, 0.29) is 5.91 Å². The number of hydrogen-bond acceptors (Lipinski definition) is 5. The number of amidine groups is 1. The Kier molecular flexibility index (Phi) is 11.0. The molecule has 37 heavy (non-hydrogen) atoms. The van der Waals surface area contributed by atoms with Crippen LogP contribution in [0.5, 0.6) is 5.75 Å². The van der Waals surface area contributed by atoms with Crippen LogP contribution in [0, 0.1) is 11.8 Å². The zero-order valence-corrected chi connectivity index (χ0v) is 23.6. The van der Waals surface area contributed by atoms with Gasteiger partial charge >= 0.3 is 0 Å². The third-order valence-electron chi connectivity index (χ3n) is 6.12. The molecule has 1 amide bonds. The summed E-state index contributed by atoms with van der Waals surface area (Å²) in [6, 6.07) is 11.6. The average Bonchev–Trinajstić information content (AvgIpc) is 3.05. The highest BCUT2D eigenvalue weighted by Crippen LogP contribution is 2.23. The summed E-state index contributed by atoms with van der Waals surface area (Å²) in [4.78, 5) is 15.6. The Hall–Kier alpha value is -2.83. The van der Waals surface area contributed by atoms with Crippen LogP contribution >= 0.6 is 11.6 Å². The first kappa shape index (κ1) is 28.7. The van der Waals surface area contributed by atoms with Crippen molar-refractivity contribution in [3.8, 4) is 5.75 Å². The lowest BCUT2D eigenvalue weighted by Crippen LogP contribution is -2.31. The third kappa shape index (κ3) is 9.20. The molecule has 0 spiro atoms. The molecule has 0 aliphatic carbocycles. The number of nitrogens with one attached hydrogen (secondary N) is 2. The SMILES string of the molecule is C/C=C/C(=N\NCc1cc(Cl)ccc1OCC(C)C)NC(=O)c1ccc2c(c1)CCN(CC(C)C)CC2. The second kappa shape index (κ2) is 14.2. The topological polar surface area (TPSA) is 66.0 Å². The van der Waals surface area contributed by atoms with Gasteiger partial charge in [0.25, 0.3) is 5.91 Å². The van der Waals surface area contributed by atoms with Gasteiger partial charge in [0, 0.05) is 35.8 Å². The standard InChI is InChI=1S/C30H41ClN4O2/c1-6-7-29(34-32-18-26-17-27(31)10-11-28(26)37-20-22(4)5)33-30(36)25-9-8-23-12-14-35(19-21(2)3)15-13-24(23)16-25/h6-11,16-17,21-22,32H,12-15,18-20H2,1-5H3,(H,33,34,36)/b7-6+. The highest BCUT2D eigenvalue weighted by molar-refractivity contribution is 6.30. The lowest BCUT2D eigenvalue weighted by molar-refractivity contribution is 0.0977. The van der Waals surface area contributed by atoms with E-state index in [2.05, 4.69) is 54.5 Å². The van der Waals surface area contributed by atoms with Crippen molar-refractivity contribution in [2.24, 2.45) is 16.9 Å². The van der Waals surface area contributed by atoms with E-state index in [9.17, 15) is 4.79 Å². The second-order valence-electron chi connectivity index (χ2n) is 10.4. The number of amides is 1. The fourth-order valence-electron chi connectivity index (χ4n) is 4.36. The second-order valence-corrected chi connectivity index (χ2v) is 10.9. The summed E-state index contributed by atoms with van der Waals surface area (Å²) < 4.78 is 5.93. The van der Waals surface area contributed by atoms with Crippen molar-refractivity contribution in [3.63, 3.8) is 0 Å². The molecule has 0 saturated heterocycles. The van der Waals surface area contributed by atoms with Gasteiger partial charge in [0.2, 0.25) is 0 Å². The van der Waals surface area contributed by atoms with E-state index >= 15 is 0 Å². The molecule has 0 fully saturated rings. The number of halogens is 1. The van der Waals surface area contributed by atoms with E-state index in [1.54, 1.807) is 6.08 Å². The van der Waals surface area contributed by atoms with Crippen molar-refractivity contribution in [3.05, 3.63) is 75.8 Å². The minimum Gasteiger partial charge on any atom is -0.493 e. The molecule has 1 heterocycles. The third-order valence-corrected chi connectivity index (χ3v) is 6.35. The van der Waals surface area contributed by atoms with Gasteiger partial charge in [-0.15, -0.1) is 0 Å². The maximum atomic E-state index is 13.1. The predicted molar refractivity (Wildman–Crippen MR) is 153 cm³/mol. The molecule has 1 aliphatic heterocycles. The summed E-state index contributed by atoms with van der Waals surface area (Å²) in [6.07, 6.45) is 5.59. The summed E-state index contributed by atoms with van der Waals surface area (Å²) in [5, 5.41) is 8.00. The van der Waals surface area contributed by atoms with Gasteiger partial charge in [-0.3, -0.25) is 4.79 Å². The number of allylic oxidation sites excluding steroid dienone is 1. The molecule has 2 aromatic rings. The van der Waals surface area contributed by atoms with Crippen molar-refractivity contribution in [1.29, 1.82) is 0 Å². The molecule has 0 unspecified atom stereocenters. The molecule has 0 atom stereocenters. The summed E-state index contributed by atoms with van der Waals surface area (Å²) in [7, 11) is 0. The molecule has 1 aliphatic rings. The smallest absolute Gasteiger partial charge is 0.256 e. The molecule has 0 saturated carbocycles. The summed E-state index contributed by atoms with van der Waals surface area (Å²) in [5.41, 5.74) is 7.20. The van der Waals surface area contributed by atoms with Crippen LogP contribution in [0.2, 0.25) is 5.02 Å². The van der Waals surface area contributed by atoms with Crippen LogP contribution in [0.4, 0.5) is 0 Å². The number of carbonyl (C=O) groups is 1. The molecule has 3 rings (SSSR count). The fourth-order valence-corrected chi connectivity index (χ4v) is 4.55. The Balaban J connectivity index is 1.65. The van der Waals surface area contributed by atoms with Gasteiger partial charge in [-0.2, -0.15) is 5.10 Å². The van der Waals surface area contributed by atoms with E-state index in [0.29, 0.717) is 41.4 Å². The van der Waals surface area contributed by atoms with Crippen LogP contribution in [0.15, 0.2) is 53.7 Å². The van der Waals surface area contributed by atoms with E-state index in [1.807, 2.05) is 43.3 Å². The number of ether oxygens (including phenoxy) is 1. The number of fused-ring (bicyclic) bond motifs is 1. The first-order valence-corrected chi connectivity index (χ1v) is 13.6. The molecular formula is C30H41ClN4O2. The molecular weight excluding hydrogens is 484 g/mol. The first-order chi connectivity index (χ1) is 17.7. The van der Waals surface area contributed by atoms with Crippen LogP contribution in [0.3, 0.4) is 0 Å². The van der Waals surface area contributed by atoms with Crippen LogP contribution in [0.1, 0.15) is 61.7 Å². The van der Waals surface area contributed by atoms with E-state index < -0.39 is 0 Å². The van der Waals surface area contributed by atoms with Crippen molar-refractivity contribution in [1.82, 2.24) is 15.6 Å². The fraction of sp³-hybridized carbons (Fsp3) is 0.467. The first-order valence-electron chi connectivity index (χ1n) is 13.2. The van der Waals surface area contributed by atoms with Crippen LogP contribution in [-0.2, 0) is 19.4 Å². The summed E-state index contributed by atoms with van der Waals surface area (Å²) in [6.45, 7) is 14.9. The quantitative estimate of drug-likeness (QED) is 0.233. The predicted octanol–water partition coefficient (Wildman–Crippen LogP) is 5.84. The molecule has 7 heteroatoms.